The minimum absolute atomic E-state index is 0.0244. The van der Waals surface area contributed by atoms with Gasteiger partial charge in [-0.1, -0.05) is 25.3 Å². The van der Waals surface area contributed by atoms with Gasteiger partial charge in [-0.05, 0) is 73.9 Å². The Hall–Kier alpha value is -4.90. The number of piperidine rings is 2. The van der Waals surface area contributed by atoms with E-state index in [0.29, 0.717) is 97.5 Å². The number of anilines is 1. The van der Waals surface area contributed by atoms with Crippen LogP contribution in [0.4, 0.5) is 32.2 Å². The van der Waals surface area contributed by atoms with Crippen molar-refractivity contribution < 1.29 is 45.3 Å². The number of halogens is 6. The van der Waals surface area contributed by atoms with E-state index in [9.17, 15) is 31.1 Å². The van der Waals surface area contributed by atoms with Crippen LogP contribution in [0.2, 0.25) is 0 Å². The molecule has 0 unspecified atom stereocenters. The number of aromatic nitrogens is 4. The van der Waals surface area contributed by atoms with Gasteiger partial charge in [0, 0.05) is 67.6 Å². The van der Waals surface area contributed by atoms with Crippen molar-refractivity contribution in [3.05, 3.63) is 54.8 Å². The predicted molar refractivity (Wildman–Crippen MR) is 198 cm³/mol. The van der Waals surface area contributed by atoms with Crippen molar-refractivity contribution in [2.24, 2.45) is 5.41 Å². The summed E-state index contributed by atoms with van der Waals surface area (Å²) in [4.78, 5) is 27.8. The first-order chi connectivity index (χ1) is 26.7. The van der Waals surface area contributed by atoms with Gasteiger partial charge < -0.3 is 24.2 Å². The fourth-order valence-corrected chi connectivity index (χ4v) is 8.12. The second kappa shape index (κ2) is 15.6. The Kier molecular flexibility index (Phi) is 10.9. The number of fused-ring (bicyclic) bond motifs is 2. The molecule has 3 aliphatic rings. The van der Waals surface area contributed by atoms with Crippen LogP contribution in [0.3, 0.4) is 0 Å². The Labute approximate surface area is 319 Å². The molecule has 0 atom stereocenters. The minimum atomic E-state index is -4.67. The third-order valence-electron chi connectivity index (χ3n) is 11.0. The van der Waals surface area contributed by atoms with Crippen LogP contribution in [0.15, 0.2) is 43.6 Å². The van der Waals surface area contributed by atoms with E-state index < -0.39 is 25.8 Å². The Morgan fingerprint density at radius 2 is 1.75 bits per heavy atom. The zero-order chi connectivity index (χ0) is 39.8. The molecule has 0 saturated carbocycles. The van der Waals surface area contributed by atoms with Crippen LogP contribution in [-0.4, -0.2) is 114 Å². The van der Waals surface area contributed by atoms with Gasteiger partial charge in [0.05, 0.1) is 18.3 Å². The van der Waals surface area contributed by atoms with E-state index in [2.05, 4.69) is 33.0 Å². The van der Waals surface area contributed by atoms with E-state index in [1.807, 2.05) is 30.0 Å². The molecule has 300 valence electrons. The van der Waals surface area contributed by atoms with Crippen molar-refractivity contribution in [2.45, 2.75) is 57.7 Å². The highest BCUT2D eigenvalue weighted by Gasteiger charge is 2.46. The number of likely N-dealkylation sites (tertiary alicyclic amines) is 2. The lowest BCUT2D eigenvalue weighted by atomic mass is 9.72. The number of hydrogen-bond acceptors (Lipinski definition) is 9. The van der Waals surface area contributed by atoms with E-state index >= 15 is 0 Å². The Morgan fingerprint density at radius 1 is 1.02 bits per heavy atom. The van der Waals surface area contributed by atoms with Crippen molar-refractivity contribution in [1.82, 2.24) is 30.0 Å². The van der Waals surface area contributed by atoms with Crippen LogP contribution in [0.5, 0.6) is 11.8 Å². The lowest BCUT2D eigenvalue weighted by molar-refractivity contribution is -0.324. The molecule has 4 aromatic rings. The molecule has 3 aliphatic heterocycles. The first-order valence-electron chi connectivity index (χ1n) is 18.6. The molecule has 2 aromatic heterocycles. The predicted octanol–water partition coefficient (Wildman–Crippen LogP) is 7.45. The van der Waals surface area contributed by atoms with Gasteiger partial charge in [0.25, 0.3) is 0 Å². The maximum Gasteiger partial charge on any atom is 0.522 e. The minimum Gasteiger partial charge on any atom is -0.481 e. The van der Waals surface area contributed by atoms with Gasteiger partial charge in [0.1, 0.15) is 17.4 Å². The monoisotopic (exact) mass is 787 g/mol. The third kappa shape index (κ3) is 8.43. The molecule has 3 saturated heterocycles. The fraction of sp³-hybridized carbons (Fsp3) is 0.487. The molecule has 1 N–H and O–H groups in total. The molecule has 3 fully saturated rings. The zero-order valence-electron chi connectivity index (χ0n) is 30.9. The number of aromatic amines is 1. The standard InChI is InChI=1S/C39H43F6N7O4/c1-4-25-19-27-33(34(54-23-38(40,41)42)32(25)31-24(3)7-8-29-28(31)20-46-49-29)47-36(56-26-9-14-50(15-10-26)13-6-18-55-39(43,44)45)48-35(27)51-16-11-37(12-17-51)21-52(22-37)30(53)5-2/h4-5,7-8,19-20,26H,1-2,6,9-18,21-23H2,3H3,(H,46,49). The second-order valence-electron chi connectivity index (χ2n) is 14.8. The van der Waals surface area contributed by atoms with Crippen LogP contribution in [-0.2, 0) is 9.53 Å². The quantitative estimate of drug-likeness (QED) is 0.0890. The zero-order valence-corrected chi connectivity index (χ0v) is 30.9. The first-order valence-corrected chi connectivity index (χ1v) is 18.6. The molecule has 1 amide bonds. The van der Waals surface area contributed by atoms with Crippen LogP contribution in [0.1, 0.15) is 43.2 Å². The Balaban J connectivity index is 1.26. The summed E-state index contributed by atoms with van der Waals surface area (Å²) in [5.41, 5.74) is 3.05. The average molecular weight is 788 g/mol. The Bertz CT molecular complexity index is 2100. The molecule has 5 heterocycles. The molecule has 11 nitrogen and oxygen atoms in total. The highest BCUT2D eigenvalue weighted by atomic mass is 19.4. The van der Waals surface area contributed by atoms with Crippen molar-refractivity contribution in [1.29, 1.82) is 0 Å². The van der Waals surface area contributed by atoms with Crippen molar-refractivity contribution in [3.63, 3.8) is 0 Å². The average Bonchev–Trinajstić information content (AvgIpc) is 3.63. The summed E-state index contributed by atoms with van der Waals surface area (Å²) in [5.74, 6) is 0.274. The molecule has 7 rings (SSSR count). The maximum atomic E-state index is 14.0. The van der Waals surface area contributed by atoms with Crippen molar-refractivity contribution in [3.8, 4) is 22.9 Å². The van der Waals surface area contributed by atoms with Crippen LogP contribution < -0.4 is 14.4 Å². The van der Waals surface area contributed by atoms with E-state index in [1.54, 1.807) is 17.2 Å². The highest BCUT2D eigenvalue weighted by molar-refractivity contribution is 6.07. The molecule has 0 bridgehead atoms. The number of amides is 1. The van der Waals surface area contributed by atoms with Gasteiger partial charge in [-0.3, -0.25) is 14.6 Å². The number of nitrogens with zero attached hydrogens (tertiary/aromatic N) is 6. The Morgan fingerprint density at radius 3 is 2.41 bits per heavy atom. The second-order valence-corrected chi connectivity index (χ2v) is 14.8. The van der Waals surface area contributed by atoms with Gasteiger partial charge in [-0.25, -0.2) is 0 Å². The van der Waals surface area contributed by atoms with Crippen LogP contribution >= 0.6 is 0 Å². The van der Waals surface area contributed by atoms with Gasteiger partial charge in [-0.2, -0.15) is 28.2 Å². The van der Waals surface area contributed by atoms with E-state index in [1.165, 1.54) is 6.08 Å². The normalized spacial score (nSPS) is 18.1. The molecule has 0 aliphatic carbocycles. The van der Waals surface area contributed by atoms with Gasteiger partial charge in [0.15, 0.2) is 12.4 Å². The number of rotatable bonds is 12. The SMILES string of the molecule is C=CC(=O)N1CC2(CCN(c3nc(OC4CCN(CCCOC(F)(F)F)CC4)nc4c(OCC(F)(F)F)c(-c5c(C)ccc6[nH]ncc56)c(C=C)cc34)CC2)C1. The fourth-order valence-electron chi connectivity index (χ4n) is 8.12. The topological polar surface area (TPSA) is 109 Å². The number of ether oxygens (including phenoxy) is 3. The number of aryl methyl sites for hydroxylation is 1. The smallest absolute Gasteiger partial charge is 0.481 e. The number of carbonyl (C=O) groups is 1. The lowest BCUT2D eigenvalue weighted by Crippen LogP contribution is -2.61. The summed E-state index contributed by atoms with van der Waals surface area (Å²) < 4.78 is 95.2. The lowest BCUT2D eigenvalue weighted by Gasteiger charge is -2.54. The molecule has 0 radical (unpaired) electrons. The molecule has 2 aromatic carbocycles. The van der Waals surface area contributed by atoms with Crippen molar-refractivity contribution >= 4 is 39.6 Å². The summed E-state index contributed by atoms with van der Waals surface area (Å²) in [7, 11) is 0. The van der Waals surface area contributed by atoms with Gasteiger partial charge in [-0.15, -0.1) is 13.2 Å². The molecular formula is C39H43F6N7O4. The largest absolute Gasteiger partial charge is 0.522 e. The number of hydrogen-bond donors (Lipinski definition) is 1. The number of nitrogens with one attached hydrogen (secondary N) is 1. The summed E-state index contributed by atoms with van der Waals surface area (Å²) in [6, 6.07) is 5.50. The summed E-state index contributed by atoms with van der Waals surface area (Å²) in [5, 5.41) is 8.27. The number of benzene rings is 2. The van der Waals surface area contributed by atoms with Crippen molar-refractivity contribution in [2.75, 3.05) is 63.9 Å². The molecule has 17 heteroatoms. The summed E-state index contributed by atoms with van der Waals surface area (Å²) >= 11 is 0. The van der Waals surface area contributed by atoms with Gasteiger partial charge in [0.2, 0.25) is 5.91 Å². The van der Waals surface area contributed by atoms with Gasteiger partial charge >= 0.3 is 18.5 Å². The molecule has 1 spiro atoms. The summed E-state index contributed by atoms with van der Waals surface area (Å²) in [6.45, 7) is 11.4. The molecular weight excluding hydrogens is 744 g/mol. The first kappa shape index (κ1) is 39.3. The number of alkyl halides is 6. The van der Waals surface area contributed by atoms with Crippen LogP contribution in [0.25, 0.3) is 39.0 Å². The van der Waals surface area contributed by atoms with E-state index in [-0.39, 0.29) is 41.1 Å². The maximum absolute atomic E-state index is 14.0. The van der Waals surface area contributed by atoms with E-state index in [4.69, 9.17) is 19.4 Å². The summed E-state index contributed by atoms with van der Waals surface area (Å²) in [6.07, 6.45) is -2.40. The number of carbonyl (C=O) groups excluding carboxylic acids is 1. The van der Waals surface area contributed by atoms with Crippen LogP contribution in [0, 0.1) is 12.3 Å². The van der Waals surface area contributed by atoms with E-state index in [0.717, 1.165) is 18.4 Å². The highest BCUT2D eigenvalue weighted by Crippen LogP contribution is 2.48. The third-order valence-corrected chi connectivity index (χ3v) is 11.0. The molecule has 56 heavy (non-hydrogen) atoms. The number of H-pyrrole nitrogens is 1.